The fourth-order valence-corrected chi connectivity index (χ4v) is 2.88. The summed E-state index contributed by atoms with van der Waals surface area (Å²) in [4.78, 5) is 0. The van der Waals surface area contributed by atoms with Gasteiger partial charge >= 0.3 is 0 Å². The molecule has 102 valence electrons. The van der Waals surface area contributed by atoms with Crippen molar-refractivity contribution < 1.29 is 5.11 Å². The lowest BCUT2D eigenvalue weighted by atomic mass is 9.83. The Morgan fingerprint density at radius 3 is 2.50 bits per heavy atom. The maximum atomic E-state index is 10.0. The minimum atomic E-state index is 0. The van der Waals surface area contributed by atoms with Crippen LogP contribution in [0.5, 0.6) is 5.75 Å². The number of hydrogen-bond donors (Lipinski definition) is 2. The topological polar surface area (TPSA) is 32.3 Å². The molecule has 0 radical (unpaired) electrons. The van der Waals surface area contributed by atoms with Crippen molar-refractivity contribution in [2.24, 2.45) is 0 Å². The number of phenolic OH excluding ortho intramolecular Hbond substituents is 1. The molecule has 0 aromatic heterocycles. The number of hydrogen-bond acceptors (Lipinski definition) is 2. The number of aryl methyl sites for hydroxylation is 1. The molecule has 1 aliphatic rings. The van der Waals surface area contributed by atoms with E-state index in [9.17, 15) is 5.11 Å². The van der Waals surface area contributed by atoms with E-state index in [1.165, 1.54) is 37.7 Å². The smallest absolute Gasteiger partial charge is 0.122 e. The van der Waals surface area contributed by atoms with Gasteiger partial charge in [-0.15, -0.1) is 12.4 Å². The van der Waals surface area contributed by atoms with Gasteiger partial charge < -0.3 is 10.4 Å². The van der Waals surface area contributed by atoms with Crippen LogP contribution in [0.2, 0.25) is 0 Å². The van der Waals surface area contributed by atoms with Gasteiger partial charge in [0.15, 0.2) is 0 Å². The van der Waals surface area contributed by atoms with Gasteiger partial charge in [0, 0.05) is 12.1 Å². The number of phenols is 1. The van der Waals surface area contributed by atoms with Gasteiger partial charge in [0.1, 0.15) is 5.75 Å². The Hall–Kier alpha value is -0.730. The number of aromatic hydroxyl groups is 1. The molecule has 0 unspecified atom stereocenters. The average Bonchev–Trinajstić information content (AvgIpc) is 2.36. The summed E-state index contributed by atoms with van der Waals surface area (Å²) in [6.45, 7) is 2.74. The second-order valence-electron chi connectivity index (χ2n) is 5.21. The molecular weight excluding hydrogens is 246 g/mol. The lowest BCUT2D eigenvalue weighted by molar-refractivity contribution is 0.439. The number of halogens is 1. The molecule has 2 nitrogen and oxygen atoms in total. The summed E-state index contributed by atoms with van der Waals surface area (Å²) in [5.41, 5.74) is 3.47. The van der Waals surface area contributed by atoms with Crippen LogP contribution in [0, 0.1) is 6.92 Å². The Labute approximate surface area is 116 Å². The highest BCUT2D eigenvalue weighted by Gasteiger charge is 2.17. The van der Waals surface area contributed by atoms with Crippen LogP contribution in [0.3, 0.4) is 0 Å². The second kappa shape index (κ2) is 7.01. The zero-order valence-corrected chi connectivity index (χ0v) is 12.1. The van der Waals surface area contributed by atoms with Gasteiger partial charge in [-0.1, -0.05) is 31.4 Å². The third-order valence-electron chi connectivity index (χ3n) is 3.85. The fraction of sp³-hybridized carbons (Fsp3) is 0.600. The molecule has 0 bridgehead atoms. The summed E-state index contributed by atoms with van der Waals surface area (Å²) < 4.78 is 0. The van der Waals surface area contributed by atoms with Gasteiger partial charge in [-0.3, -0.25) is 0 Å². The van der Waals surface area contributed by atoms with Gasteiger partial charge in [0.2, 0.25) is 0 Å². The largest absolute Gasteiger partial charge is 0.507 e. The summed E-state index contributed by atoms with van der Waals surface area (Å²) >= 11 is 0. The number of rotatable bonds is 3. The van der Waals surface area contributed by atoms with E-state index in [2.05, 4.69) is 17.4 Å². The fourth-order valence-electron chi connectivity index (χ4n) is 2.88. The summed E-state index contributed by atoms with van der Waals surface area (Å²) in [6, 6.07) is 4.36. The van der Waals surface area contributed by atoms with E-state index >= 15 is 0 Å². The molecule has 0 amide bonds. The maximum Gasteiger partial charge on any atom is 0.122 e. The van der Waals surface area contributed by atoms with Gasteiger partial charge in [0.25, 0.3) is 0 Å². The van der Waals surface area contributed by atoms with Crippen molar-refractivity contribution in [3.63, 3.8) is 0 Å². The predicted molar refractivity (Wildman–Crippen MR) is 78.7 cm³/mol. The van der Waals surface area contributed by atoms with Crippen molar-refractivity contribution in [1.82, 2.24) is 5.32 Å². The van der Waals surface area contributed by atoms with Crippen LogP contribution >= 0.6 is 12.4 Å². The van der Waals surface area contributed by atoms with Crippen LogP contribution < -0.4 is 5.32 Å². The van der Waals surface area contributed by atoms with E-state index < -0.39 is 0 Å². The molecule has 2 rings (SSSR count). The minimum Gasteiger partial charge on any atom is -0.507 e. The Morgan fingerprint density at radius 2 is 1.89 bits per heavy atom. The van der Waals surface area contributed by atoms with Gasteiger partial charge in [-0.25, -0.2) is 0 Å². The van der Waals surface area contributed by atoms with Crippen molar-refractivity contribution in [1.29, 1.82) is 0 Å². The van der Waals surface area contributed by atoms with Crippen molar-refractivity contribution >= 4 is 12.4 Å². The van der Waals surface area contributed by atoms with E-state index in [1.807, 2.05) is 14.0 Å². The quantitative estimate of drug-likeness (QED) is 0.873. The molecule has 2 N–H and O–H groups in total. The molecule has 0 aliphatic heterocycles. The molecule has 1 aliphatic carbocycles. The van der Waals surface area contributed by atoms with Crippen LogP contribution in [-0.4, -0.2) is 12.2 Å². The van der Waals surface area contributed by atoms with Gasteiger partial charge in [0.05, 0.1) is 0 Å². The average molecular weight is 270 g/mol. The zero-order chi connectivity index (χ0) is 12.3. The third-order valence-corrected chi connectivity index (χ3v) is 3.85. The minimum absolute atomic E-state index is 0. The molecule has 3 heteroatoms. The molecule has 1 aromatic rings. The molecule has 1 aromatic carbocycles. The van der Waals surface area contributed by atoms with Crippen LogP contribution in [0.25, 0.3) is 0 Å². The first-order valence-corrected chi connectivity index (χ1v) is 6.69. The van der Waals surface area contributed by atoms with E-state index in [0.29, 0.717) is 11.7 Å². The molecule has 0 spiro atoms. The van der Waals surface area contributed by atoms with Crippen molar-refractivity contribution in [2.75, 3.05) is 7.05 Å². The van der Waals surface area contributed by atoms with Crippen LogP contribution in [-0.2, 0) is 6.54 Å². The molecule has 1 fully saturated rings. The first kappa shape index (κ1) is 15.3. The molecule has 0 atom stereocenters. The highest BCUT2D eigenvalue weighted by Crippen LogP contribution is 2.35. The zero-order valence-electron chi connectivity index (χ0n) is 11.3. The highest BCUT2D eigenvalue weighted by molar-refractivity contribution is 5.85. The third kappa shape index (κ3) is 3.39. The van der Waals surface area contributed by atoms with E-state index in [0.717, 1.165) is 17.7 Å². The maximum absolute atomic E-state index is 10.0. The second-order valence-corrected chi connectivity index (χ2v) is 5.21. The lowest BCUT2D eigenvalue weighted by Gasteiger charge is -2.23. The van der Waals surface area contributed by atoms with Gasteiger partial charge in [-0.05, 0) is 43.9 Å². The van der Waals surface area contributed by atoms with Crippen molar-refractivity contribution in [3.8, 4) is 5.75 Å². The van der Waals surface area contributed by atoms with Crippen LogP contribution in [0.4, 0.5) is 0 Å². The van der Waals surface area contributed by atoms with Crippen molar-refractivity contribution in [2.45, 2.75) is 51.5 Å². The molecular formula is C15H24ClNO. The number of benzene rings is 1. The summed E-state index contributed by atoms with van der Waals surface area (Å²) in [7, 11) is 1.92. The Balaban J connectivity index is 0.00000162. The SMILES string of the molecule is CNCc1cc(C2CCCCC2)cc(C)c1O.Cl. The number of nitrogens with one attached hydrogen (secondary N) is 1. The Kier molecular flexibility index (Phi) is 5.97. The Morgan fingerprint density at radius 1 is 1.22 bits per heavy atom. The predicted octanol–water partition coefficient (Wildman–Crippen LogP) is 3.89. The van der Waals surface area contributed by atoms with Crippen LogP contribution in [0.1, 0.15) is 54.7 Å². The van der Waals surface area contributed by atoms with E-state index in [1.54, 1.807) is 0 Å². The van der Waals surface area contributed by atoms with E-state index in [-0.39, 0.29) is 12.4 Å². The van der Waals surface area contributed by atoms with Gasteiger partial charge in [-0.2, -0.15) is 0 Å². The summed E-state index contributed by atoms with van der Waals surface area (Å²) in [5.74, 6) is 1.16. The van der Waals surface area contributed by atoms with Crippen LogP contribution in [0.15, 0.2) is 12.1 Å². The van der Waals surface area contributed by atoms with E-state index in [4.69, 9.17) is 0 Å². The molecule has 1 saturated carbocycles. The first-order valence-electron chi connectivity index (χ1n) is 6.69. The normalized spacial score (nSPS) is 16.3. The monoisotopic (exact) mass is 269 g/mol. The standard InChI is InChI=1S/C15H23NO.ClH/c1-11-8-13(12-6-4-3-5-7-12)9-14(10-16-2)15(11)17;/h8-9,12,16-17H,3-7,10H2,1-2H3;1H. The lowest BCUT2D eigenvalue weighted by Crippen LogP contribution is -2.09. The highest BCUT2D eigenvalue weighted by atomic mass is 35.5. The molecule has 0 heterocycles. The summed E-state index contributed by atoms with van der Waals surface area (Å²) in [5, 5.41) is 13.1. The molecule has 18 heavy (non-hydrogen) atoms. The Bertz CT molecular complexity index is 386. The molecule has 0 saturated heterocycles. The first-order chi connectivity index (χ1) is 8.22. The van der Waals surface area contributed by atoms with Crippen molar-refractivity contribution in [3.05, 3.63) is 28.8 Å². The summed E-state index contributed by atoms with van der Waals surface area (Å²) in [6.07, 6.45) is 6.71.